The normalized spacial score (nSPS) is 12.1. The van der Waals surface area contributed by atoms with Crippen LogP contribution in [0, 0.1) is 0 Å². The van der Waals surface area contributed by atoms with Gasteiger partial charge in [0.2, 0.25) is 0 Å². The topological polar surface area (TPSA) is 114 Å². The molecule has 0 fully saturated rings. The first-order valence-corrected chi connectivity index (χ1v) is 11.6. The minimum absolute atomic E-state index is 0.127. The van der Waals surface area contributed by atoms with E-state index in [4.69, 9.17) is 14.2 Å². The second kappa shape index (κ2) is 12.3. The highest BCUT2D eigenvalue weighted by Gasteiger charge is 2.15. The van der Waals surface area contributed by atoms with Crippen LogP contribution in [-0.2, 0) is 17.8 Å². The zero-order chi connectivity index (χ0) is 25.4. The molecule has 2 N–H and O–H groups in total. The second-order valence-electron chi connectivity index (χ2n) is 8.38. The van der Waals surface area contributed by atoms with E-state index >= 15 is 0 Å². The maximum atomic E-state index is 12.6. The van der Waals surface area contributed by atoms with Crippen LogP contribution in [0.1, 0.15) is 31.7 Å². The highest BCUT2D eigenvalue weighted by molar-refractivity contribution is 5.81. The third-order valence-electron chi connectivity index (χ3n) is 5.68. The first-order chi connectivity index (χ1) is 16.8. The number of aliphatic hydroxyl groups is 1. The van der Waals surface area contributed by atoms with Crippen LogP contribution in [0.2, 0.25) is 0 Å². The van der Waals surface area contributed by atoms with Crippen LogP contribution in [-0.4, -0.2) is 65.8 Å². The van der Waals surface area contributed by atoms with Crippen molar-refractivity contribution >= 4 is 16.7 Å². The van der Waals surface area contributed by atoms with Crippen molar-refractivity contribution in [2.75, 3.05) is 33.9 Å². The van der Waals surface area contributed by atoms with Gasteiger partial charge in [0, 0.05) is 19.0 Å². The number of hydrogen-bond acceptors (Lipinski definition) is 8. The molecule has 0 unspecified atom stereocenters. The Morgan fingerprint density at radius 3 is 2.46 bits per heavy atom. The monoisotopic (exact) mass is 483 g/mol. The third-order valence-corrected chi connectivity index (χ3v) is 5.68. The van der Waals surface area contributed by atoms with Crippen molar-refractivity contribution in [1.29, 1.82) is 0 Å². The largest absolute Gasteiger partial charge is 0.493 e. The summed E-state index contributed by atoms with van der Waals surface area (Å²) in [5.74, 6) is 2.27. The summed E-state index contributed by atoms with van der Waals surface area (Å²) >= 11 is 0. The fraction of sp³-hybridized carbons (Fsp3) is 0.423. The number of likely N-dealkylation sites (N-methyl/N-ethyl adjacent to an activating group) is 1. The van der Waals surface area contributed by atoms with Crippen LogP contribution < -0.4 is 19.8 Å². The number of aromatic amines is 1. The van der Waals surface area contributed by atoms with Gasteiger partial charge in [-0.05, 0) is 43.7 Å². The molecule has 9 nitrogen and oxygen atoms in total. The van der Waals surface area contributed by atoms with E-state index in [-0.39, 0.29) is 17.9 Å². The molecule has 3 aromatic rings. The Bertz CT molecular complexity index is 1190. The molecule has 1 atom stereocenters. The average molecular weight is 484 g/mol. The van der Waals surface area contributed by atoms with Crippen LogP contribution in [0.5, 0.6) is 17.2 Å². The Morgan fingerprint density at radius 1 is 1.14 bits per heavy atom. The Labute approximate surface area is 204 Å². The number of nitrogens with zero attached hydrogens (tertiary/aromatic N) is 2. The molecule has 0 aliphatic heterocycles. The Kier molecular flexibility index (Phi) is 9.22. The Balaban J connectivity index is 1.60. The van der Waals surface area contributed by atoms with Crippen LogP contribution in [0.15, 0.2) is 41.2 Å². The van der Waals surface area contributed by atoms with E-state index in [0.29, 0.717) is 66.5 Å². The van der Waals surface area contributed by atoms with Crippen molar-refractivity contribution < 1.29 is 24.1 Å². The molecule has 0 aliphatic rings. The lowest BCUT2D eigenvalue weighted by atomic mass is 10.1. The number of ether oxygens (including phenoxy) is 3. The fourth-order valence-corrected chi connectivity index (χ4v) is 3.72. The fourth-order valence-electron chi connectivity index (χ4n) is 3.72. The number of ketones is 1. The number of hydrogen-bond donors (Lipinski definition) is 2. The van der Waals surface area contributed by atoms with Gasteiger partial charge in [-0.2, -0.15) is 0 Å². The molecule has 9 heteroatoms. The zero-order valence-electron chi connectivity index (χ0n) is 20.7. The summed E-state index contributed by atoms with van der Waals surface area (Å²) < 4.78 is 16.3. The molecule has 0 aliphatic carbocycles. The summed E-state index contributed by atoms with van der Waals surface area (Å²) in [4.78, 5) is 33.1. The summed E-state index contributed by atoms with van der Waals surface area (Å²) in [6.07, 6.45) is 0.489. The molecule has 1 aromatic heterocycles. The van der Waals surface area contributed by atoms with Crippen LogP contribution >= 0.6 is 0 Å². The molecule has 0 saturated carbocycles. The lowest BCUT2D eigenvalue weighted by Gasteiger charge is -2.23. The predicted molar refractivity (Wildman–Crippen MR) is 133 cm³/mol. The number of H-pyrrole nitrogens is 1. The van der Waals surface area contributed by atoms with E-state index in [0.717, 1.165) is 5.56 Å². The van der Waals surface area contributed by atoms with Crippen molar-refractivity contribution in [1.82, 2.24) is 14.9 Å². The molecular weight excluding hydrogens is 450 g/mol. The van der Waals surface area contributed by atoms with Crippen LogP contribution in [0.3, 0.4) is 0 Å². The molecule has 0 bridgehead atoms. The van der Waals surface area contributed by atoms with Crippen LogP contribution in [0.4, 0.5) is 0 Å². The quantitative estimate of drug-likeness (QED) is 0.382. The number of carbonyl (C=O) groups excluding carboxylic acids is 1. The molecule has 188 valence electrons. The molecule has 0 saturated heterocycles. The number of methoxy groups -OCH3 is 2. The van der Waals surface area contributed by atoms with Crippen molar-refractivity contribution in [2.45, 2.75) is 39.3 Å². The second-order valence-corrected chi connectivity index (χ2v) is 8.38. The van der Waals surface area contributed by atoms with Gasteiger partial charge in [0.25, 0.3) is 5.56 Å². The number of nitrogens with one attached hydrogen (secondary N) is 1. The summed E-state index contributed by atoms with van der Waals surface area (Å²) in [6, 6.07) is 10.8. The van der Waals surface area contributed by atoms with Crippen molar-refractivity contribution in [3.05, 3.63) is 58.1 Å². The van der Waals surface area contributed by atoms with Crippen molar-refractivity contribution in [3.63, 3.8) is 0 Å². The Morgan fingerprint density at radius 2 is 1.83 bits per heavy atom. The number of benzene rings is 2. The van der Waals surface area contributed by atoms with E-state index in [1.807, 2.05) is 36.1 Å². The number of carbonyl (C=O) groups is 1. The number of fused-ring (bicyclic) bond motifs is 1. The summed E-state index contributed by atoms with van der Waals surface area (Å²) in [5.41, 5.74) is 1.31. The lowest BCUT2D eigenvalue weighted by Crippen LogP contribution is -2.36. The molecule has 0 spiro atoms. The molecule has 35 heavy (non-hydrogen) atoms. The minimum Gasteiger partial charge on any atom is -0.493 e. The molecule has 1 heterocycles. The highest BCUT2D eigenvalue weighted by atomic mass is 16.5. The third kappa shape index (κ3) is 7.27. The van der Waals surface area contributed by atoms with Gasteiger partial charge in [-0.25, -0.2) is 4.98 Å². The summed E-state index contributed by atoms with van der Waals surface area (Å²) in [5, 5.41) is 10.9. The van der Waals surface area contributed by atoms with Gasteiger partial charge in [0.1, 0.15) is 30.1 Å². The van der Waals surface area contributed by atoms with Gasteiger partial charge in [-0.3, -0.25) is 9.69 Å². The predicted octanol–water partition coefficient (Wildman–Crippen LogP) is 2.72. The van der Waals surface area contributed by atoms with Gasteiger partial charge in [-0.15, -0.1) is 0 Å². The molecule has 0 radical (unpaired) electrons. The minimum atomic E-state index is -0.733. The standard InChI is InChI=1S/C26H33N3O6/c1-5-29(14-19(31)16-35-20-10-8-18(9-11-20)7-6-17(2)30)15-25-27-22-13-24(34-4)23(33-3)12-21(22)26(32)28-25/h8-13,19,31H,5-7,14-16H2,1-4H3,(H,27,28,32)/t19-/m0/s1. The van der Waals surface area contributed by atoms with Gasteiger partial charge in [0.05, 0.1) is 31.7 Å². The van der Waals surface area contributed by atoms with Gasteiger partial charge in [-0.1, -0.05) is 19.1 Å². The van der Waals surface area contributed by atoms with E-state index in [1.165, 1.54) is 14.2 Å². The maximum absolute atomic E-state index is 12.6. The number of aryl methyl sites for hydroxylation is 1. The van der Waals surface area contributed by atoms with E-state index < -0.39 is 6.10 Å². The van der Waals surface area contributed by atoms with Gasteiger partial charge < -0.3 is 29.1 Å². The SMILES string of the molecule is CCN(Cc1nc2cc(OC)c(OC)cc2c(=O)[nH]1)C[C@H](O)COc1ccc(CCC(C)=O)cc1. The molecule has 2 aromatic carbocycles. The van der Waals surface area contributed by atoms with Gasteiger partial charge >= 0.3 is 0 Å². The maximum Gasteiger partial charge on any atom is 0.258 e. The van der Waals surface area contributed by atoms with E-state index in [1.54, 1.807) is 19.1 Å². The van der Waals surface area contributed by atoms with Crippen LogP contribution in [0.25, 0.3) is 10.9 Å². The molecule has 0 amide bonds. The first-order valence-electron chi connectivity index (χ1n) is 11.6. The van der Waals surface area contributed by atoms with Crippen molar-refractivity contribution in [3.8, 4) is 17.2 Å². The van der Waals surface area contributed by atoms with E-state index in [2.05, 4.69) is 9.97 Å². The average Bonchev–Trinajstić information content (AvgIpc) is 2.85. The number of aromatic nitrogens is 2. The Hall–Kier alpha value is -3.43. The zero-order valence-corrected chi connectivity index (χ0v) is 20.7. The summed E-state index contributed by atoms with van der Waals surface area (Å²) in [6.45, 7) is 5.04. The van der Waals surface area contributed by atoms with E-state index in [9.17, 15) is 14.7 Å². The summed E-state index contributed by atoms with van der Waals surface area (Å²) in [7, 11) is 3.04. The van der Waals surface area contributed by atoms with Gasteiger partial charge in [0.15, 0.2) is 11.5 Å². The lowest BCUT2D eigenvalue weighted by molar-refractivity contribution is -0.116. The smallest absolute Gasteiger partial charge is 0.258 e. The highest BCUT2D eigenvalue weighted by Crippen LogP contribution is 2.30. The van der Waals surface area contributed by atoms with Crippen molar-refractivity contribution in [2.24, 2.45) is 0 Å². The number of aliphatic hydroxyl groups excluding tert-OH is 1. The molecule has 3 rings (SSSR count). The first kappa shape index (κ1) is 26.2. The molecular formula is C26H33N3O6. The number of Topliss-reactive ketones (excluding diaryl/α,β-unsaturated/α-hetero) is 1. The number of rotatable bonds is 13.